The van der Waals surface area contributed by atoms with Crippen molar-refractivity contribution in [1.82, 2.24) is 20.2 Å². The van der Waals surface area contributed by atoms with Gasteiger partial charge in [-0.2, -0.15) is 0 Å². The summed E-state index contributed by atoms with van der Waals surface area (Å²) in [6.07, 6.45) is 5.76. The first-order valence-corrected chi connectivity index (χ1v) is 9.88. The lowest BCUT2D eigenvalue weighted by Crippen LogP contribution is -2.47. The van der Waals surface area contributed by atoms with Gasteiger partial charge in [-0.3, -0.25) is 9.69 Å². The van der Waals surface area contributed by atoms with Gasteiger partial charge in [-0.1, -0.05) is 12.1 Å². The number of piperazine rings is 1. The molecule has 1 aliphatic rings. The molecule has 150 valence electrons. The number of hydrogen-bond acceptors (Lipinski definition) is 6. The third kappa shape index (κ3) is 6.20. The van der Waals surface area contributed by atoms with Gasteiger partial charge in [-0.25, -0.2) is 9.97 Å². The number of nitrogens with zero attached hydrogens (tertiary/aromatic N) is 4. The highest BCUT2D eigenvalue weighted by atomic mass is 16.5. The SMILES string of the molecule is COc1cccc(CCC(=O)NCCCN2CCN(c3ncccn3)CC2)c1. The van der Waals surface area contributed by atoms with E-state index >= 15 is 0 Å². The van der Waals surface area contributed by atoms with E-state index in [2.05, 4.69) is 25.1 Å². The van der Waals surface area contributed by atoms with Crippen molar-refractivity contribution >= 4 is 11.9 Å². The Kier molecular flexibility index (Phi) is 7.61. The fourth-order valence-electron chi connectivity index (χ4n) is 3.33. The minimum absolute atomic E-state index is 0.105. The lowest BCUT2D eigenvalue weighted by Gasteiger charge is -2.34. The number of carbonyl (C=O) groups excluding carboxylic acids is 1. The lowest BCUT2D eigenvalue weighted by atomic mass is 10.1. The van der Waals surface area contributed by atoms with Crippen LogP contribution in [0.1, 0.15) is 18.4 Å². The highest BCUT2D eigenvalue weighted by Crippen LogP contribution is 2.14. The standard InChI is InChI=1S/C21H29N5O2/c1-28-19-6-2-5-18(17-19)7-8-20(27)22-11-4-12-25-13-15-26(16-14-25)21-23-9-3-10-24-21/h2-3,5-6,9-10,17H,4,7-8,11-16H2,1H3,(H,22,27). The van der Waals surface area contributed by atoms with Crippen molar-refractivity contribution < 1.29 is 9.53 Å². The molecule has 0 atom stereocenters. The minimum atomic E-state index is 0.105. The van der Waals surface area contributed by atoms with Crippen molar-refractivity contribution in [3.63, 3.8) is 0 Å². The number of ether oxygens (including phenoxy) is 1. The summed E-state index contributed by atoms with van der Waals surface area (Å²) in [6.45, 7) is 5.61. The monoisotopic (exact) mass is 383 g/mol. The second kappa shape index (κ2) is 10.6. The van der Waals surface area contributed by atoms with Crippen LogP contribution in [-0.2, 0) is 11.2 Å². The van der Waals surface area contributed by atoms with Crippen molar-refractivity contribution in [3.05, 3.63) is 48.3 Å². The van der Waals surface area contributed by atoms with Gasteiger partial charge in [0.1, 0.15) is 5.75 Å². The summed E-state index contributed by atoms with van der Waals surface area (Å²) in [6, 6.07) is 9.71. The van der Waals surface area contributed by atoms with Crippen molar-refractivity contribution in [2.75, 3.05) is 51.3 Å². The Labute approximate surface area is 166 Å². The first-order chi connectivity index (χ1) is 13.7. The number of hydrogen-bond donors (Lipinski definition) is 1. The number of anilines is 1. The molecule has 1 aromatic carbocycles. The Bertz CT molecular complexity index is 733. The summed E-state index contributed by atoms with van der Waals surface area (Å²) in [5, 5.41) is 3.03. The Morgan fingerprint density at radius 1 is 1.14 bits per heavy atom. The first-order valence-electron chi connectivity index (χ1n) is 9.88. The summed E-state index contributed by atoms with van der Waals surface area (Å²) < 4.78 is 5.22. The number of rotatable bonds is 9. The molecule has 2 aromatic rings. The summed E-state index contributed by atoms with van der Waals surface area (Å²) in [5.41, 5.74) is 1.12. The van der Waals surface area contributed by atoms with Crippen LogP contribution in [0.25, 0.3) is 0 Å². The van der Waals surface area contributed by atoms with E-state index in [4.69, 9.17) is 4.74 Å². The number of carbonyl (C=O) groups is 1. The number of benzene rings is 1. The molecule has 2 heterocycles. The summed E-state index contributed by atoms with van der Waals surface area (Å²) >= 11 is 0. The summed E-state index contributed by atoms with van der Waals surface area (Å²) in [4.78, 5) is 25.3. The molecule has 1 aromatic heterocycles. The Morgan fingerprint density at radius 2 is 1.93 bits per heavy atom. The van der Waals surface area contributed by atoms with Gasteiger partial charge in [0.05, 0.1) is 7.11 Å². The van der Waals surface area contributed by atoms with Crippen LogP contribution in [0, 0.1) is 0 Å². The van der Waals surface area contributed by atoms with Crippen LogP contribution >= 0.6 is 0 Å². The molecule has 7 nitrogen and oxygen atoms in total. The van der Waals surface area contributed by atoms with E-state index in [0.717, 1.165) is 69.4 Å². The highest BCUT2D eigenvalue weighted by Gasteiger charge is 2.18. The topological polar surface area (TPSA) is 70.6 Å². The van der Waals surface area contributed by atoms with E-state index in [1.807, 2.05) is 30.3 Å². The van der Waals surface area contributed by atoms with Crippen molar-refractivity contribution in [2.24, 2.45) is 0 Å². The molecule has 1 amide bonds. The van der Waals surface area contributed by atoms with E-state index in [-0.39, 0.29) is 5.91 Å². The maximum Gasteiger partial charge on any atom is 0.225 e. The third-order valence-corrected chi connectivity index (χ3v) is 4.96. The molecule has 1 aliphatic heterocycles. The second-order valence-corrected chi connectivity index (χ2v) is 6.93. The van der Waals surface area contributed by atoms with E-state index in [1.54, 1.807) is 19.5 Å². The molecule has 1 fully saturated rings. The van der Waals surface area contributed by atoms with Gasteiger partial charge in [0.2, 0.25) is 11.9 Å². The number of aryl methyl sites for hydroxylation is 1. The molecule has 7 heteroatoms. The zero-order chi connectivity index (χ0) is 19.6. The van der Waals surface area contributed by atoms with Crippen molar-refractivity contribution in [2.45, 2.75) is 19.3 Å². The van der Waals surface area contributed by atoms with Gasteiger partial charge in [0.25, 0.3) is 0 Å². The van der Waals surface area contributed by atoms with Gasteiger partial charge in [0, 0.05) is 51.5 Å². The number of amides is 1. The maximum absolute atomic E-state index is 12.0. The quantitative estimate of drug-likeness (QED) is 0.665. The average molecular weight is 383 g/mol. The predicted octanol–water partition coefficient (Wildman–Crippen LogP) is 1.75. The van der Waals surface area contributed by atoms with Gasteiger partial charge >= 0.3 is 0 Å². The highest BCUT2D eigenvalue weighted by molar-refractivity contribution is 5.76. The van der Waals surface area contributed by atoms with E-state index in [9.17, 15) is 4.79 Å². The van der Waals surface area contributed by atoms with Crippen LogP contribution in [0.3, 0.4) is 0 Å². The van der Waals surface area contributed by atoms with Gasteiger partial charge in [-0.05, 0) is 43.1 Å². The molecule has 0 saturated carbocycles. The van der Waals surface area contributed by atoms with Crippen LogP contribution < -0.4 is 15.0 Å². The minimum Gasteiger partial charge on any atom is -0.497 e. The van der Waals surface area contributed by atoms with E-state index in [0.29, 0.717) is 6.42 Å². The fraction of sp³-hybridized carbons (Fsp3) is 0.476. The molecule has 28 heavy (non-hydrogen) atoms. The molecule has 0 aliphatic carbocycles. The number of nitrogens with one attached hydrogen (secondary N) is 1. The molecular formula is C21H29N5O2. The molecule has 1 saturated heterocycles. The van der Waals surface area contributed by atoms with Crippen LogP contribution in [0.5, 0.6) is 5.75 Å². The third-order valence-electron chi connectivity index (χ3n) is 4.96. The van der Waals surface area contributed by atoms with E-state index in [1.165, 1.54) is 0 Å². The molecule has 0 radical (unpaired) electrons. The largest absolute Gasteiger partial charge is 0.497 e. The van der Waals surface area contributed by atoms with Crippen molar-refractivity contribution in [1.29, 1.82) is 0 Å². The fourth-order valence-corrected chi connectivity index (χ4v) is 3.33. The summed E-state index contributed by atoms with van der Waals surface area (Å²) in [5.74, 6) is 1.75. The Morgan fingerprint density at radius 3 is 2.68 bits per heavy atom. The van der Waals surface area contributed by atoms with Crippen LogP contribution in [0.4, 0.5) is 5.95 Å². The normalized spacial score (nSPS) is 14.7. The number of methoxy groups -OCH3 is 1. The van der Waals surface area contributed by atoms with Crippen LogP contribution in [0.2, 0.25) is 0 Å². The Hall–Kier alpha value is -2.67. The number of aromatic nitrogens is 2. The predicted molar refractivity (Wildman–Crippen MR) is 110 cm³/mol. The molecule has 3 rings (SSSR count). The second-order valence-electron chi connectivity index (χ2n) is 6.93. The lowest BCUT2D eigenvalue weighted by molar-refractivity contribution is -0.121. The average Bonchev–Trinajstić information content (AvgIpc) is 2.76. The first kappa shape index (κ1) is 20.1. The van der Waals surface area contributed by atoms with Crippen LogP contribution in [-0.4, -0.2) is 67.2 Å². The Balaban J connectivity index is 1.27. The van der Waals surface area contributed by atoms with E-state index < -0.39 is 0 Å². The molecular weight excluding hydrogens is 354 g/mol. The smallest absolute Gasteiger partial charge is 0.225 e. The molecule has 0 spiro atoms. The molecule has 0 bridgehead atoms. The maximum atomic E-state index is 12.0. The molecule has 1 N–H and O–H groups in total. The molecule has 0 unspecified atom stereocenters. The van der Waals surface area contributed by atoms with Crippen molar-refractivity contribution in [3.8, 4) is 5.75 Å². The zero-order valence-corrected chi connectivity index (χ0v) is 16.5. The van der Waals surface area contributed by atoms with Crippen LogP contribution in [0.15, 0.2) is 42.7 Å². The van der Waals surface area contributed by atoms with Gasteiger partial charge < -0.3 is 15.0 Å². The van der Waals surface area contributed by atoms with Gasteiger partial charge in [0.15, 0.2) is 0 Å². The van der Waals surface area contributed by atoms with Gasteiger partial charge in [-0.15, -0.1) is 0 Å². The zero-order valence-electron chi connectivity index (χ0n) is 16.5. The summed E-state index contributed by atoms with van der Waals surface area (Å²) in [7, 11) is 1.65.